The summed E-state index contributed by atoms with van der Waals surface area (Å²) in [6.45, 7) is 4.86. The van der Waals surface area contributed by atoms with Crippen LogP contribution in [0.25, 0.3) is 0 Å². The lowest BCUT2D eigenvalue weighted by Crippen LogP contribution is -2.01. The molecule has 0 radical (unpaired) electrons. The van der Waals surface area contributed by atoms with E-state index in [2.05, 4.69) is 40.3 Å². The third kappa shape index (κ3) is 2.47. The molecule has 1 heterocycles. The molecule has 0 aliphatic carbocycles. The molecule has 0 atom stereocenters. The van der Waals surface area contributed by atoms with Crippen molar-refractivity contribution in [3.63, 3.8) is 0 Å². The van der Waals surface area contributed by atoms with Crippen molar-refractivity contribution in [3.05, 3.63) is 51.9 Å². The second-order valence-electron chi connectivity index (χ2n) is 3.84. The largest absolute Gasteiger partial charge is 0.467 e. The van der Waals surface area contributed by atoms with E-state index < -0.39 is 0 Å². The fourth-order valence-electron chi connectivity index (χ4n) is 1.55. The minimum Gasteiger partial charge on any atom is -0.467 e. The Morgan fingerprint density at radius 3 is 2.69 bits per heavy atom. The number of halogens is 1. The lowest BCUT2D eigenvalue weighted by molar-refractivity contribution is 0.515. The van der Waals surface area contributed by atoms with Crippen molar-refractivity contribution in [1.29, 1.82) is 0 Å². The molecule has 2 nitrogen and oxygen atoms in total. The van der Waals surface area contributed by atoms with Gasteiger partial charge in [0.15, 0.2) is 0 Å². The van der Waals surface area contributed by atoms with Gasteiger partial charge in [-0.3, -0.25) is 0 Å². The van der Waals surface area contributed by atoms with Crippen LogP contribution in [0.1, 0.15) is 16.9 Å². The number of rotatable bonds is 3. The average Bonchev–Trinajstić information content (AvgIpc) is 2.66. The molecule has 16 heavy (non-hydrogen) atoms. The summed E-state index contributed by atoms with van der Waals surface area (Å²) in [6.07, 6.45) is 1.72. The summed E-state index contributed by atoms with van der Waals surface area (Å²) in [4.78, 5) is 0. The van der Waals surface area contributed by atoms with Crippen molar-refractivity contribution in [2.24, 2.45) is 0 Å². The first kappa shape index (κ1) is 11.3. The molecular weight excluding hydrogens is 266 g/mol. The number of nitrogens with one attached hydrogen (secondary N) is 1. The molecule has 3 heteroatoms. The predicted molar refractivity (Wildman–Crippen MR) is 69.7 cm³/mol. The summed E-state index contributed by atoms with van der Waals surface area (Å²) in [5.74, 6) is 0.986. The topological polar surface area (TPSA) is 25.2 Å². The zero-order valence-electron chi connectivity index (χ0n) is 9.38. The summed E-state index contributed by atoms with van der Waals surface area (Å²) < 4.78 is 6.46. The van der Waals surface area contributed by atoms with Crippen molar-refractivity contribution in [3.8, 4) is 0 Å². The minimum absolute atomic E-state index is 0.718. The molecule has 0 spiro atoms. The minimum atomic E-state index is 0.718. The standard InChI is InChI=1S/C13H14BrNO/c1-9-3-4-11(14)7-12(9)15-8-13-10(2)5-6-16-13/h3-7,15H,8H2,1-2H3. The van der Waals surface area contributed by atoms with Gasteiger partial charge >= 0.3 is 0 Å². The van der Waals surface area contributed by atoms with E-state index in [1.807, 2.05) is 19.1 Å². The van der Waals surface area contributed by atoms with Gasteiger partial charge in [-0.2, -0.15) is 0 Å². The van der Waals surface area contributed by atoms with Crippen LogP contribution in [0.5, 0.6) is 0 Å². The molecule has 0 bridgehead atoms. The van der Waals surface area contributed by atoms with Crippen LogP contribution in [0.2, 0.25) is 0 Å². The predicted octanol–water partition coefficient (Wildman–Crippen LogP) is 4.27. The van der Waals surface area contributed by atoms with Crippen molar-refractivity contribution in [2.75, 3.05) is 5.32 Å². The first-order chi connectivity index (χ1) is 7.66. The highest BCUT2D eigenvalue weighted by molar-refractivity contribution is 9.10. The Kier molecular flexibility index (Phi) is 3.34. The fourth-order valence-corrected chi connectivity index (χ4v) is 1.91. The van der Waals surface area contributed by atoms with Gasteiger partial charge in [0, 0.05) is 10.2 Å². The average molecular weight is 280 g/mol. The molecule has 1 N–H and O–H groups in total. The maximum Gasteiger partial charge on any atom is 0.125 e. The van der Waals surface area contributed by atoms with Crippen LogP contribution in [0.15, 0.2) is 39.4 Å². The van der Waals surface area contributed by atoms with Crippen molar-refractivity contribution in [1.82, 2.24) is 0 Å². The zero-order valence-corrected chi connectivity index (χ0v) is 11.0. The fraction of sp³-hybridized carbons (Fsp3) is 0.231. The van der Waals surface area contributed by atoms with Crippen molar-refractivity contribution < 1.29 is 4.42 Å². The van der Waals surface area contributed by atoms with Gasteiger partial charge in [-0.25, -0.2) is 0 Å². The van der Waals surface area contributed by atoms with Gasteiger partial charge in [-0.05, 0) is 43.2 Å². The van der Waals surface area contributed by atoms with Crippen molar-refractivity contribution in [2.45, 2.75) is 20.4 Å². The molecule has 0 fully saturated rings. The van der Waals surface area contributed by atoms with Crippen molar-refractivity contribution >= 4 is 21.6 Å². The SMILES string of the molecule is Cc1ccc(Br)cc1NCc1occc1C. The molecule has 2 rings (SSSR count). The quantitative estimate of drug-likeness (QED) is 0.908. The normalized spacial score (nSPS) is 10.4. The highest BCUT2D eigenvalue weighted by atomic mass is 79.9. The van der Waals surface area contributed by atoms with Gasteiger partial charge in [-0.1, -0.05) is 22.0 Å². The van der Waals surface area contributed by atoms with Crippen LogP contribution < -0.4 is 5.32 Å². The monoisotopic (exact) mass is 279 g/mol. The molecule has 0 aliphatic rings. The van der Waals surface area contributed by atoms with Crippen LogP contribution in [0, 0.1) is 13.8 Å². The first-order valence-corrected chi connectivity index (χ1v) is 5.99. The number of hydrogen-bond donors (Lipinski definition) is 1. The van der Waals surface area contributed by atoms with E-state index >= 15 is 0 Å². The number of hydrogen-bond acceptors (Lipinski definition) is 2. The Hall–Kier alpha value is -1.22. The van der Waals surface area contributed by atoms with E-state index in [0.717, 1.165) is 22.5 Å². The van der Waals surface area contributed by atoms with Gasteiger partial charge in [0.2, 0.25) is 0 Å². The van der Waals surface area contributed by atoms with Gasteiger partial charge in [0.25, 0.3) is 0 Å². The lowest BCUT2D eigenvalue weighted by atomic mass is 10.2. The van der Waals surface area contributed by atoms with Crippen LogP contribution in [-0.2, 0) is 6.54 Å². The molecule has 0 saturated heterocycles. The third-order valence-electron chi connectivity index (χ3n) is 2.61. The molecule has 1 aromatic heterocycles. The van der Waals surface area contributed by atoms with E-state index in [1.165, 1.54) is 11.1 Å². The number of furan rings is 1. The Labute approximate surface area is 104 Å². The molecule has 0 saturated carbocycles. The summed E-state index contributed by atoms with van der Waals surface area (Å²) >= 11 is 3.47. The highest BCUT2D eigenvalue weighted by Crippen LogP contribution is 2.21. The maximum atomic E-state index is 5.38. The van der Waals surface area contributed by atoms with Crippen LogP contribution in [0.3, 0.4) is 0 Å². The Balaban J connectivity index is 2.10. The summed E-state index contributed by atoms with van der Waals surface area (Å²) in [5.41, 5.74) is 3.54. The summed E-state index contributed by atoms with van der Waals surface area (Å²) in [7, 11) is 0. The number of aryl methyl sites for hydroxylation is 2. The molecule has 84 valence electrons. The van der Waals surface area contributed by atoms with Gasteiger partial charge in [0.05, 0.1) is 12.8 Å². The molecule has 2 aromatic rings. The molecule has 0 amide bonds. The molecule has 0 unspecified atom stereocenters. The first-order valence-electron chi connectivity index (χ1n) is 5.20. The molecular formula is C13H14BrNO. The Bertz CT molecular complexity index is 490. The molecule has 0 aliphatic heterocycles. The molecule has 1 aromatic carbocycles. The highest BCUT2D eigenvalue weighted by Gasteiger charge is 2.03. The summed E-state index contributed by atoms with van der Waals surface area (Å²) in [6, 6.07) is 8.18. The zero-order chi connectivity index (χ0) is 11.5. The second-order valence-corrected chi connectivity index (χ2v) is 4.76. The van der Waals surface area contributed by atoms with E-state index in [-0.39, 0.29) is 0 Å². The van der Waals surface area contributed by atoms with Crippen LogP contribution in [0.4, 0.5) is 5.69 Å². The number of anilines is 1. The lowest BCUT2D eigenvalue weighted by Gasteiger charge is -2.09. The van der Waals surface area contributed by atoms with E-state index in [4.69, 9.17) is 4.42 Å². The van der Waals surface area contributed by atoms with Crippen LogP contribution in [-0.4, -0.2) is 0 Å². The smallest absolute Gasteiger partial charge is 0.125 e. The van der Waals surface area contributed by atoms with E-state index in [1.54, 1.807) is 6.26 Å². The van der Waals surface area contributed by atoms with Crippen LogP contribution >= 0.6 is 15.9 Å². The van der Waals surface area contributed by atoms with E-state index in [0.29, 0.717) is 0 Å². The third-order valence-corrected chi connectivity index (χ3v) is 3.10. The Morgan fingerprint density at radius 1 is 1.19 bits per heavy atom. The Morgan fingerprint density at radius 2 is 2.00 bits per heavy atom. The van der Waals surface area contributed by atoms with Gasteiger partial charge in [-0.15, -0.1) is 0 Å². The van der Waals surface area contributed by atoms with E-state index in [9.17, 15) is 0 Å². The van der Waals surface area contributed by atoms with Gasteiger partial charge < -0.3 is 9.73 Å². The second kappa shape index (κ2) is 4.74. The summed E-state index contributed by atoms with van der Waals surface area (Å²) in [5, 5.41) is 3.37. The maximum absolute atomic E-state index is 5.38. The van der Waals surface area contributed by atoms with Gasteiger partial charge in [0.1, 0.15) is 5.76 Å². The number of benzene rings is 1.